The van der Waals surface area contributed by atoms with Crippen molar-refractivity contribution in [1.82, 2.24) is 19.6 Å². The number of likely N-dealkylation sites (N-methyl/N-ethyl adjacent to an activating group) is 1. The van der Waals surface area contributed by atoms with E-state index in [1.165, 1.54) is 5.56 Å². The highest BCUT2D eigenvalue weighted by atomic mass is 16.2. The van der Waals surface area contributed by atoms with Crippen LogP contribution in [-0.2, 0) is 6.54 Å². The molecule has 5 nitrogen and oxygen atoms in total. The first-order valence-corrected chi connectivity index (χ1v) is 7.76. The summed E-state index contributed by atoms with van der Waals surface area (Å²) < 4.78 is 1.79. The van der Waals surface area contributed by atoms with Crippen molar-refractivity contribution in [2.24, 2.45) is 0 Å². The van der Waals surface area contributed by atoms with Gasteiger partial charge in [0, 0.05) is 32.4 Å². The summed E-state index contributed by atoms with van der Waals surface area (Å²) >= 11 is 0. The van der Waals surface area contributed by atoms with Crippen molar-refractivity contribution >= 4 is 5.91 Å². The largest absolute Gasteiger partial charge is 0.335 e. The molecule has 2 aromatic rings. The molecular formula is C17H22N4O. The third kappa shape index (κ3) is 2.90. The zero-order valence-electron chi connectivity index (χ0n) is 13.1. The number of hydrogen-bond donors (Lipinski definition) is 0. The Morgan fingerprint density at radius 2 is 2.05 bits per heavy atom. The molecule has 3 rings (SSSR count). The van der Waals surface area contributed by atoms with Gasteiger partial charge in [-0.15, -0.1) is 0 Å². The first-order chi connectivity index (χ1) is 10.7. The van der Waals surface area contributed by atoms with E-state index < -0.39 is 0 Å². The molecule has 1 saturated heterocycles. The highest BCUT2D eigenvalue weighted by Gasteiger charge is 2.29. The van der Waals surface area contributed by atoms with Crippen LogP contribution in [0.5, 0.6) is 0 Å². The predicted octanol–water partition coefficient (Wildman–Crippen LogP) is 2.03. The number of carbonyl (C=O) groups is 1. The smallest absolute Gasteiger partial charge is 0.257 e. The van der Waals surface area contributed by atoms with Crippen molar-refractivity contribution in [2.75, 3.05) is 26.7 Å². The predicted molar refractivity (Wildman–Crippen MR) is 85.6 cm³/mol. The zero-order valence-corrected chi connectivity index (χ0v) is 13.1. The minimum Gasteiger partial charge on any atom is -0.335 e. The van der Waals surface area contributed by atoms with E-state index in [1.54, 1.807) is 10.9 Å². The third-order valence-electron chi connectivity index (χ3n) is 4.32. The maximum Gasteiger partial charge on any atom is 0.257 e. The molecule has 1 aliphatic heterocycles. The number of aryl methyl sites for hydroxylation is 1. The molecule has 0 unspecified atom stereocenters. The summed E-state index contributed by atoms with van der Waals surface area (Å²) in [5.74, 6) is 0.0775. The van der Waals surface area contributed by atoms with Gasteiger partial charge < -0.3 is 4.90 Å². The molecular weight excluding hydrogens is 276 g/mol. The van der Waals surface area contributed by atoms with Gasteiger partial charge in [-0.3, -0.25) is 14.4 Å². The Labute approximate surface area is 131 Å². The Morgan fingerprint density at radius 1 is 1.27 bits per heavy atom. The average molecular weight is 298 g/mol. The lowest BCUT2D eigenvalue weighted by Gasteiger charge is -2.39. The Bertz CT molecular complexity index is 637. The number of carbonyl (C=O) groups excluding carboxylic acids is 1. The van der Waals surface area contributed by atoms with Crippen molar-refractivity contribution in [2.45, 2.75) is 19.5 Å². The average Bonchev–Trinajstić information content (AvgIpc) is 3.04. The standard InChI is InChI=1S/C17H22N4O/c1-3-21-12-15(11-18-21)17(22)20-10-9-19(2)16(13-20)14-7-5-4-6-8-14/h4-8,11-12,16H,3,9-10,13H2,1-2H3/t16-/m1/s1. The second-order valence-corrected chi connectivity index (χ2v) is 5.74. The van der Waals surface area contributed by atoms with Crippen molar-refractivity contribution in [3.05, 3.63) is 53.9 Å². The highest BCUT2D eigenvalue weighted by Crippen LogP contribution is 2.24. The summed E-state index contributed by atoms with van der Waals surface area (Å²) in [5.41, 5.74) is 1.94. The molecule has 116 valence electrons. The number of nitrogens with zero attached hydrogens (tertiary/aromatic N) is 4. The van der Waals surface area contributed by atoms with Crippen molar-refractivity contribution in [3.8, 4) is 0 Å². The fourth-order valence-electron chi connectivity index (χ4n) is 2.92. The highest BCUT2D eigenvalue weighted by molar-refractivity contribution is 5.93. The lowest BCUT2D eigenvalue weighted by atomic mass is 10.0. The number of aromatic nitrogens is 2. The summed E-state index contributed by atoms with van der Waals surface area (Å²) in [6.45, 7) is 5.16. The fourth-order valence-corrected chi connectivity index (χ4v) is 2.92. The number of hydrogen-bond acceptors (Lipinski definition) is 3. The lowest BCUT2D eigenvalue weighted by Crippen LogP contribution is -2.48. The molecule has 1 aromatic carbocycles. The Hall–Kier alpha value is -2.14. The molecule has 1 aromatic heterocycles. The van der Waals surface area contributed by atoms with Gasteiger partial charge in [-0.2, -0.15) is 5.10 Å². The van der Waals surface area contributed by atoms with Crippen LogP contribution in [0, 0.1) is 0 Å². The topological polar surface area (TPSA) is 41.4 Å². The minimum atomic E-state index is 0.0775. The maximum atomic E-state index is 12.7. The van der Waals surface area contributed by atoms with E-state index in [2.05, 4.69) is 41.3 Å². The second kappa shape index (κ2) is 6.32. The zero-order chi connectivity index (χ0) is 15.5. The van der Waals surface area contributed by atoms with Crippen LogP contribution in [-0.4, -0.2) is 52.2 Å². The van der Waals surface area contributed by atoms with Gasteiger partial charge in [-0.25, -0.2) is 0 Å². The van der Waals surface area contributed by atoms with Gasteiger partial charge in [0.25, 0.3) is 5.91 Å². The number of rotatable bonds is 3. The summed E-state index contributed by atoms with van der Waals surface area (Å²) in [5, 5.41) is 4.20. The van der Waals surface area contributed by atoms with E-state index in [1.807, 2.05) is 24.1 Å². The molecule has 1 amide bonds. The molecule has 1 aliphatic rings. The number of piperazine rings is 1. The summed E-state index contributed by atoms with van der Waals surface area (Å²) in [7, 11) is 2.12. The van der Waals surface area contributed by atoms with Gasteiger partial charge in [0.1, 0.15) is 0 Å². The van der Waals surface area contributed by atoms with Gasteiger partial charge in [0.05, 0.1) is 17.8 Å². The number of benzene rings is 1. The van der Waals surface area contributed by atoms with Gasteiger partial charge in [0.2, 0.25) is 0 Å². The quantitative estimate of drug-likeness (QED) is 0.870. The third-order valence-corrected chi connectivity index (χ3v) is 4.32. The molecule has 0 bridgehead atoms. The second-order valence-electron chi connectivity index (χ2n) is 5.74. The fraction of sp³-hybridized carbons (Fsp3) is 0.412. The summed E-state index contributed by atoms with van der Waals surface area (Å²) in [6, 6.07) is 10.6. The molecule has 0 saturated carbocycles. The van der Waals surface area contributed by atoms with E-state index in [0.29, 0.717) is 5.56 Å². The molecule has 0 spiro atoms. The number of amides is 1. The molecule has 5 heteroatoms. The first kappa shape index (κ1) is 14.8. The monoisotopic (exact) mass is 298 g/mol. The molecule has 2 heterocycles. The SMILES string of the molecule is CCn1cc(C(=O)N2CCN(C)[C@@H](c3ccccc3)C2)cn1. The van der Waals surface area contributed by atoms with Crippen molar-refractivity contribution in [1.29, 1.82) is 0 Å². The lowest BCUT2D eigenvalue weighted by molar-refractivity contribution is 0.0546. The molecule has 0 radical (unpaired) electrons. The van der Waals surface area contributed by atoms with Crippen LogP contribution in [0.1, 0.15) is 28.9 Å². The van der Waals surface area contributed by atoms with Gasteiger partial charge >= 0.3 is 0 Å². The molecule has 1 atom stereocenters. The Balaban J connectivity index is 1.76. The maximum absolute atomic E-state index is 12.7. The Kier molecular flexibility index (Phi) is 4.24. The van der Waals surface area contributed by atoms with E-state index in [9.17, 15) is 4.79 Å². The normalized spacial score (nSPS) is 19.4. The van der Waals surface area contributed by atoms with Crippen LogP contribution >= 0.6 is 0 Å². The molecule has 1 fully saturated rings. The summed E-state index contributed by atoms with van der Waals surface area (Å²) in [4.78, 5) is 16.9. The van der Waals surface area contributed by atoms with Crippen LogP contribution < -0.4 is 0 Å². The first-order valence-electron chi connectivity index (χ1n) is 7.76. The van der Waals surface area contributed by atoms with E-state index in [4.69, 9.17) is 0 Å². The van der Waals surface area contributed by atoms with Gasteiger partial charge in [-0.05, 0) is 19.5 Å². The molecule has 0 aliphatic carbocycles. The summed E-state index contributed by atoms with van der Waals surface area (Å²) in [6.07, 6.45) is 3.50. The van der Waals surface area contributed by atoms with Crippen LogP contribution in [0.4, 0.5) is 0 Å². The van der Waals surface area contributed by atoms with Crippen molar-refractivity contribution in [3.63, 3.8) is 0 Å². The van der Waals surface area contributed by atoms with Gasteiger partial charge in [0.15, 0.2) is 0 Å². The van der Waals surface area contributed by atoms with Gasteiger partial charge in [-0.1, -0.05) is 30.3 Å². The molecule has 22 heavy (non-hydrogen) atoms. The van der Waals surface area contributed by atoms with Crippen molar-refractivity contribution < 1.29 is 4.79 Å². The van der Waals surface area contributed by atoms with E-state index in [-0.39, 0.29) is 11.9 Å². The van der Waals surface area contributed by atoms with Crippen LogP contribution in [0.15, 0.2) is 42.7 Å². The Morgan fingerprint density at radius 3 is 2.73 bits per heavy atom. The van der Waals surface area contributed by atoms with E-state index >= 15 is 0 Å². The van der Waals surface area contributed by atoms with E-state index in [0.717, 1.165) is 26.2 Å². The minimum absolute atomic E-state index is 0.0775. The van der Waals surface area contributed by atoms with Crippen LogP contribution in [0.25, 0.3) is 0 Å². The van der Waals surface area contributed by atoms with Crippen LogP contribution in [0.3, 0.4) is 0 Å². The molecule has 0 N–H and O–H groups in total. The van der Waals surface area contributed by atoms with Crippen LogP contribution in [0.2, 0.25) is 0 Å².